The maximum atomic E-state index is 5.32. The van der Waals surface area contributed by atoms with Gasteiger partial charge in [0.2, 0.25) is 0 Å². The van der Waals surface area contributed by atoms with Crippen LogP contribution in [0.1, 0.15) is 12.8 Å². The standard InChI is InChI=1S/C7H13NO/c1-8-6-7-4-2-3-5-9-7/h4,8H,2-3,5-6H2,1H3. The van der Waals surface area contributed by atoms with Gasteiger partial charge in [-0.2, -0.15) is 0 Å². The van der Waals surface area contributed by atoms with Crippen molar-refractivity contribution in [3.63, 3.8) is 0 Å². The molecular weight excluding hydrogens is 114 g/mol. The van der Waals surface area contributed by atoms with Crippen LogP contribution in [0.25, 0.3) is 0 Å². The first-order chi connectivity index (χ1) is 4.43. The molecule has 2 nitrogen and oxygen atoms in total. The molecule has 2 heteroatoms. The highest BCUT2D eigenvalue weighted by Gasteiger charge is 2.00. The van der Waals surface area contributed by atoms with Gasteiger partial charge < -0.3 is 10.1 Å². The van der Waals surface area contributed by atoms with Crippen LogP contribution in [-0.2, 0) is 4.74 Å². The number of likely N-dealkylation sites (N-methyl/N-ethyl adjacent to an activating group) is 1. The van der Waals surface area contributed by atoms with Crippen molar-refractivity contribution in [2.45, 2.75) is 12.8 Å². The van der Waals surface area contributed by atoms with Crippen LogP contribution < -0.4 is 5.32 Å². The summed E-state index contributed by atoms with van der Waals surface area (Å²) < 4.78 is 5.32. The summed E-state index contributed by atoms with van der Waals surface area (Å²) in [6, 6.07) is 0. The van der Waals surface area contributed by atoms with Crippen LogP contribution in [0.15, 0.2) is 11.8 Å². The second kappa shape index (κ2) is 3.51. The lowest BCUT2D eigenvalue weighted by Gasteiger charge is -2.13. The average molecular weight is 127 g/mol. The Morgan fingerprint density at radius 3 is 3.22 bits per heavy atom. The molecule has 0 bridgehead atoms. The van der Waals surface area contributed by atoms with Crippen molar-refractivity contribution in [1.29, 1.82) is 0 Å². The van der Waals surface area contributed by atoms with E-state index in [1.54, 1.807) is 0 Å². The number of hydrogen-bond donors (Lipinski definition) is 1. The van der Waals surface area contributed by atoms with E-state index >= 15 is 0 Å². The van der Waals surface area contributed by atoms with Crippen LogP contribution >= 0.6 is 0 Å². The highest BCUT2D eigenvalue weighted by Crippen LogP contribution is 2.07. The van der Waals surface area contributed by atoms with Gasteiger partial charge in [-0.1, -0.05) is 0 Å². The van der Waals surface area contributed by atoms with Gasteiger partial charge in [-0.05, 0) is 26.0 Å². The van der Waals surface area contributed by atoms with E-state index in [-0.39, 0.29) is 0 Å². The molecule has 1 aliphatic heterocycles. The minimum atomic E-state index is 0.875. The fraction of sp³-hybridized carbons (Fsp3) is 0.714. The van der Waals surface area contributed by atoms with Crippen molar-refractivity contribution in [1.82, 2.24) is 5.32 Å². The van der Waals surface area contributed by atoms with E-state index in [1.807, 2.05) is 7.05 Å². The smallest absolute Gasteiger partial charge is 0.106 e. The zero-order chi connectivity index (χ0) is 6.53. The Hall–Kier alpha value is -0.500. The Balaban J connectivity index is 2.28. The lowest BCUT2D eigenvalue weighted by Crippen LogP contribution is -2.15. The Morgan fingerprint density at radius 1 is 1.78 bits per heavy atom. The molecule has 0 aromatic rings. The first kappa shape index (κ1) is 6.62. The van der Waals surface area contributed by atoms with Gasteiger partial charge in [-0.3, -0.25) is 0 Å². The molecule has 0 atom stereocenters. The minimum absolute atomic E-state index is 0.875. The molecule has 0 aromatic carbocycles. The summed E-state index contributed by atoms with van der Waals surface area (Å²) in [6.07, 6.45) is 4.50. The van der Waals surface area contributed by atoms with Gasteiger partial charge in [0, 0.05) is 0 Å². The average Bonchev–Trinajstić information content (AvgIpc) is 1.91. The van der Waals surface area contributed by atoms with E-state index in [2.05, 4.69) is 11.4 Å². The van der Waals surface area contributed by atoms with Crippen molar-refractivity contribution in [2.24, 2.45) is 0 Å². The topological polar surface area (TPSA) is 21.3 Å². The van der Waals surface area contributed by atoms with Crippen LogP contribution in [0.5, 0.6) is 0 Å². The molecule has 1 heterocycles. The first-order valence-electron chi connectivity index (χ1n) is 3.40. The third-order valence-electron chi connectivity index (χ3n) is 1.36. The predicted molar refractivity (Wildman–Crippen MR) is 37.2 cm³/mol. The predicted octanol–water partition coefficient (Wildman–Crippen LogP) is 0.900. The highest BCUT2D eigenvalue weighted by atomic mass is 16.5. The minimum Gasteiger partial charge on any atom is -0.497 e. The van der Waals surface area contributed by atoms with E-state index in [1.165, 1.54) is 12.8 Å². The quantitative estimate of drug-likeness (QED) is 0.595. The van der Waals surface area contributed by atoms with Crippen molar-refractivity contribution >= 4 is 0 Å². The third kappa shape index (κ3) is 2.06. The summed E-state index contributed by atoms with van der Waals surface area (Å²) in [6.45, 7) is 1.77. The van der Waals surface area contributed by atoms with Crippen molar-refractivity contribution < 1.29 is 4.74 Å². The number of rotatable bonds is 2. The van der Waals surface area contributed by atoms with Crippen LogP contribution in [0, 0.1) is 0 Å². The summed E-state index contributed by atoms with van der Waals surface area (Å²) in [7, 11) is 1.93. The molecule has 0 unspecified atom stereocenters. The van der Waals surface area contributed by atoms with Gasteiger partial charge >= 0.3 is 0 Å². The molecule has 0 aliphatic carbocycles. The molecule has 0 saturated heterocycles. The van der Waals surface area contributed by atoms with Crippen LogP contribution in [0.4, 0.5) is 0 Å². The lowest BCUT2D eigenvalue weighted by atomic mass is 10.2. The number of nitrogens with one attached hydrogen (secondary N) is 1. The fourth-order valence-electron chi connectivity index (χ4n) is 0.906. The molecule has 1 aliphatic rings. The van der Waals surface area contributed by atoms with Crippen LogP contribution in [0.3, 0.4) is 0 Å². The van der Waals surface area contributed by atoms with Crippen molar-refractivity contribution in [2.75, 3.05) is 20.2 Å². The van der Waals surface area contributed by atoms with Crippen molar-refractivity contribution in [3.8, 4) is 0 Å². The van der Waals surface area contributed by atoms with E-state index in [0.29, 0.717) is 0 Å². The Morgan fingerprint density at radius 2 is 2.67 bits per heavy atom. The van der Waals surface area contributed by atoms with Crippen LogP contribution in [0.2, 0.25) is 0 Å². The maximum Gasteiger partial charge on any atom is 0.106 e. The van der Waals surface area contributed by atoms with Gasteiger partial charge in [-0.15, -0.1) is 0 Å². The van der Waals surface area contributed by atoms with E-state index < -0.39 is 0 Å². The zero-order valence-electron chi connectivity index (χ0n) is 5.81. The SMILES string of the molecule is CNCC1=CCCCO1. The van der Waals surface area contributed by atoms with Gasteiger partial charge in [0.1, 0.15) is 5.76 Å². The molecule has 0 aromatic heterocycles. The van der Waals surface area contributed by atoms with Gasteiger partial charge in [0.15, 0.2) is 0 Å². The molecule has 0 spiro atoms. The van der Waals surface area contributed by atoms with Gasteiger partial charge in [-0.25, -0.2) is 0 Å². The van der Waals surface area contributed by atoms with Gasteiger partial charge in [0.25, 0.3) is 0 Å². The third-order valence-corrected chi connectivity index (χ3v) is 1.36. The Labute approximate surface area is 55.9 Å². The van der Waals surface area contributed by atoms with E-state index in [0.717, 1.165) is 18.9 Å². The molecular formula is C7H13NO. The fourth-order valence-corrected chi connectivity index (χ4v) is 0.906. The molecule has 0 saturated carbocycles. The highest BCUT2D eigenvalue weighted by molar-refractivity contribution is 4.97. The normalized spacial score (nSPS) is 18.6. The summed E-state index contributed by atoms with van der Waals surface area (Å²) in [5.41, 5.74) is 0. The number of allylic oxidation sites excluding steroid dienone is 1. The second-order valence-electron chi connectivity index (χ2n) is 2.19. The number of hydrogen-bond acceptors (Lipinski definition) is 2. The van der Waals surface area contributed by atoms with E-state index in [9.17, 15) is 0 Å². The molecule has 0 amide bonds. The largest absolute Gasteiger partial charge is 0.497 e. The second-order valence-corrected chi connectivity index (χ2v) is 2.19. The number of ether oxygens (including phenoxy) is 1. The summed E-state index contributed by atoms with van der Waals surface area (Å²) in [5.74, 6) is 1.10. The monoisotopic (exact) mass is 127 g/mol. The van der Waals surface area contributed by atoms with Crippen LogP contribution in [-0.4, -0.2) is 20.2 Å². The first-order valence-corrected chi connectivity index (χ1v) is 3.40. The molecule has 1 N–H and O–H groups in total. The molecule has 52 valence electrons. The molecule has 1 rings (SSSR count). The Kier molecular flexibility index (Phi) is 2.58. The molecule has 0 radical (unpaired) electrons. The molecule has 9 heavy (non-hydrogen) atoms. The summed E-state index contributed by atoms with van der Waals surface area (Å²) in [5, 5.41) is 3.04. The Bertz CT molecular complexity index is 109. The maximum absolute atomic E-state index is 5.32. The lowest BCUT2D eigenvalue weighted by molar-refractivity contribution is 0.188. The van der Waals surface area contributed by atoms with E-state index in [4.69, 9.17) is 4.74 Å². The molecule has 0 fully saturated rings. The van der Waals surface area contributed by atoms with Gasteiger partial charge in [0.05, 0.1) is 13.2 Å². The van der Waals surface area contributed by atoms with Crippen molar-refractivity contribution in [3.05, 3.63) is 11.8 Å². The summed E-state index contributed by atoms with van der Waals surface area (Å²) in [4.78, 5) is 0. The zero-order valence-corrected chi connectivity index (χ0v) is 5.81. The summed E-state index contributed by atoms with van der Waals surface area (Å²) >= 11 is 0.